The number of anilines is 1. The van der Waals surface area contributed by atoms with Crippen molar-refractivity contribution in [2.75, 3.05) is 11.6 Å². The molecule has 0 aliphatic rings. The second-order valence-corrected chi connectivity index (χ2v) is 10.8. The van der Waals surface area contributed by atoms with Crippen molar-refractivity contribution < 1.29 is 17.6 Å². The molecule has 2 heterocycles. The maximum Gasteiger partial charge on any atom is 0.230 e. The fourth-order valence-electron chi connectivity index (χ4n) is 3.53. The van der Waals surface area contributed by atoms with Crippen LogP contribution in [-0.2, 0) is 21.1 Å². The van der Waals surface area contributed by atoms with Crippen LogP contribution in [0, 0.1) is 6.92 Å². The molecule has 6 nitrogen and oxygen atoms in total. The Morgan fingerprint density at radius 3 is 2.70 bits per heavy atom. The first-order valence-electron chi connectivity index (χ1n) is 9.53. The van der Waals surface area contributed by atoms with Crippen LogP contribution in [0.3, 0.4) is 0 Å². The third-order valence-corrected chi connectivity index (χ3v) is 7.09. The Morgan fingerprint density at radius 2 is 2.00 bits per heavy atom. The zero-order chi connectivity index (χ0) is 21.6. The van der Waals surface area contributed by atoms with E-state index in [-0.39, 0.29) is 17.2 Å². The van der Waals surface area contributed by atoms with E-state index < -0.39 is 9.84 Å². The van der Waals surface area contributed by atoms with Crippen molar-refractivity contribution in [1.29, 1.82) is 0 Å². The average Bonchev–Trinajstić information content (AvgIpc) is 3.22. The van der Waals surface area contributed by atoms with Gasteiger partial charge in [0.1, 0.15) is 5.58 Å². The number of aryl methyl sites for hydroxylation is 1. The van der Waals surface area contributed by atoms with Gasteiger partial charge >= 0.3 is 0 Å². The summed E-state index contributed by atoms with van der Waals surface area (Å²) in [5.74, 6) is 0.178. The number of nitrogens with one attached hydrogen (secondary N) is 1. The predicted molar refractivity (Wildman–Crippen MR) is 120 cm³/mol. The average molecular weight is 443 g/mol. The molecule has 0 atom stereocenters. The maximum atomic E-state index is 12.6. The second-order valence-electron chi connectivity index (χ2n) is 7.77. The summed E-state index contributed by atoms with van der Waals surface area (Å²) in [4.78, 5) is 17.2. The minimum atomic E-state index is -3.29. The smallest absolute Gasteiger partial charge is 0.230 e. The molecule has 156 valence electrons. The molecule has 0 bridgehead atoms. The number of sulfone groups is 1. The molecule has 4 aromatic rings. The highest BCUT2D eigenvalue weighted by atomic mass is 32.2. The van der Waals surface area contributed by atoms with Crippen molar-refractivity contribution in [2.45, 2.75) is 38.0 Å². The molecule has 1 N–H and O–H groups in total. The lowest BCUT2D eigenvalue weighted by atomic mass is 9.95. The van der Waals surface area contributed by atoms with E-state index in [1.54, 1.807) is 18.4 Å². The third-order valence-electron chi connectivity index (χ3n) is 5.05. The number of carbonyl (C=O) groups is 1. The summed E-state index contributed by atoms with van der Waals surface area (Å²) in [6.45, 7) is 6.35. The van der Waals surface area contributed by atoms with Crippen LogP contribution in [0.1, 0.15) is 36.5 Å². The van der Waals surface area contributed by atoms with Crippen molar-refractivity contribution in [1.82, 2.24) is 4.98 Å². The number of nitrogens with zero attached hydrogens (tertiary/aromatic N) is 1. The molecule has 0 aliphatic heterocycles. The monoisotopic (exact) mass is 442 g/mol. The number of hydrogen-bond donors (Lipinski definition) is 1. The van der Waals surface area contributed by atoms with Crippen molar-refractivity contribution in [3.8, 4) is 0 Å². The molecule has 0 fully saturated rings. The van der Waals surface area contributed by atoms with Crippen molar-refractivity contribution >= 4 is 53.4 Å². The Balaban J connectivity index is 1.57. The van der Waals surface area contributed by atoms with Gasteiger partial charge in [-0.05, 0) is 54.3 Å². The van der Waals surface area contributed by atoms with Crippen LogP contribution in [0.5, 0.6) is 0 Å². The molecule has 2 aromatic heterocycles. The molecule has 1 amide bonds. The molecule has 0 unspecified atom stereocenters. The van der Waals surface area contributed by atoms with Gasteiger partial charge < -0.3 is 9.73 Å². The number of rotatable bonds is 5. The Morgan fingerprint density at radius 1 is 1.23 bits per heavy atom. The lowest BCUT2D eigenvalue weighted by molar-refractivity contribution is -0.115. The lowest BCUT2D eigenvalue weighted by Gasteiger charge is -2.09. The predicted octanol–water partition coefficient (Wildman–Crippen LogP) is 5.06. The number of aromatic nitrogens is 1. The fraction of sp³-hybridized carbons (Fsp3) is 0.273. The molecule has 0 aliphatic carbocycles. The molecule has 4 rings (SSSR count). The molecule has 0 spiro atoms. The summed E-state index contributed by atoms with van der Waals surface area (Å²) in [5, 5.41) is 4.20. The van der Waals surface area contributed by atoms with Gasteiger partial charge in [-0.1, -0.05) is 25.2 Å². The van der Waals surface area contributed by atoms with E-state index in [4.69, 9.17) is 4.42 Å². The highest BCUT2D eigenvalue weighted by Crippen LogP contribution is 2.30. The molecular weight excluding hydrogens is 420 g/mol. The number of carbonyl (C=O) groups excluding carboxylic acids is 1. The number of fused-ring (bicyclic) bond motifs is 2. The zero-order valence-corrected chi connectivity index (χ0v) is 18.8. The van der Waals surface area contributed by atoms with Gasteiger partial charge in [0.15, 0.2) is 15.0 Å². The summed E-state index contributed by atoms with van der Waals surface area (Å²) in [6, 6.07) is 8.87. The topological polar surface area (TPSA) is 89.3 Å². The summed E-state index contributed by atoms with van der Waals surface area (Å²) in [5.41, 5.74) is 4.65. The van der Waals surface area contributed by atoms with E-state index in [2.05, 4.69) is 37.1 Å². The summed E-state index contributed by atoms with van der Waals surface area (Å²) < 4.78 is 29.8. The summed E-state index contributed by atoms with van der Waals surface area (Å²) >= 11 is 1.25. The third kappa shape index (κ3) is 3.97. The van der Waals surface area contributed by atoms with E-state index in [1.807, 2.05) is 6.07 Å². The van der Waals surface area contributed by atoms with Crippen LogP contribution in [0.4, 0.5) is 5.13 Å². The summed E-state index contributed by atoms with van der Waals surface area (Å²) in [6.07, 6.45) is 2.96. The zero-order valence-electron chi connectivity index (χ0n) is 17.1. The quantitative estimate of drug-likeness (QED) is 0.467. The number of furan rings is 1. The van der Waals surface area contributed by atoms with Gasteiger partial charge in [0.05, 0.1) is 27.8 Å². The first kappa shape index (κ1) is 20.6. The Hall–Kier alpha value is -2.71. The van der Waals surface area contributed by atoms with Gasteiger partial charge in [-0.25, -0.2) is 13.4 Å². The van der Waals surface area contributed by atoms with Crippen LogP contribution in [0.2, 0.25) is 0 Å². The highest BCUT2D eigenvalue weighted by molar-refractivity contribution is 7.90. The number of benzene rings is 2. The van der Waals surface area contributed by atoms with Crippen LogP contribution >= 0.6 is 11.3 Å². The Kier molecular flexibility index (Phi) is 5.15. The molecule has 8 heteroatoms. The number of amides is 1. The molecule has 2 aromatic carbocycles. The standard InChI is InChI=1S/C22H22N2O4S2/c1-12(2)16-10-17-14(11-28-19(17)7-13(16)3)8-21(25)24-22-23-18-6-5-15(30(4,26)27)9-20(18)29-22/h5-7,9-12H,8H2,1-4H3,(H,23,24,25). The molecule has 0 saturated carbocycles. The van der Waals surface area contributed by atoms with Crippen molar-refractivity contribution in [3.05, 3.63) is 53.3 Å². The van der Waals surface area contributed by atoms with Crippen LogP contribution in [-0.4, -0.2) is 25.6 Å². The van der Waals surface area contributed by atoms with Crippen LogP contribution < -0.4 is 5.32 Å². The van der Waals surface area contributed by atoms with Gasteiger partial charge in [0.25, 0.3) is 0 Å². The maximum absolute atomic E-state index is 12.6. The van der Waals surface area contributed by atoms with E-state index in [0.29, 0.717) is 21.3 Å². The lowest BCUT2D eigenvalue weighted by Crippen LogP contribution is -2.13. The first-order valence-corrected chi connectivity index (χ1v) is 12.2. The number of thiazole rings is 1. The Bertz CT molecular complexity index is 1380. The van der Waals surface area contributed by atoms with Gasteiger partial charge in [-0.3, -0.25) is 4.79 Å². The van der Waals surface area contributed by atoms with Gasteiger partial charge in [-0.2, -0.15) is 0 Å². The van der Waals surface area contributed by atoms with Crippen LogP contribution in [0.25, 0.3) is 21.2 Å². The van der Waals surface area contributed by atoms with E-state index >= 15 is 0 Å². The van der Waals surface area contributed by atoms with Gasteiger partial charge in [-0.15, -0.1) is 0 Å². The summed E-state index contributed by atoms with van der Waals surface area (Å²) in [7, 11) is -3.29. The fourth-order valence-corrected chi connectivity index (χ4v) is 5.17. The molecular formula is C22H22N2O4S2. The minimum absolute atomic E-state index is 0.165. The largest absolute Gasteiger partial charge is 0.464 e. The van der Waals surface area contributed by atoms with Crippen molar-refractivity contribution in [3.63, 3.8) is 0 Å². The highest BCUT2D eigenvalue weighted by Gasteiger charge is 2.16. The second kappa shape index (κ2) is 7.52. The SMILES string of the molecule is Cc1cc2occ(CC(=O)Nc3nc4ccc(S(C)(=O)=O)cc4s3)c2cc1C(C)C. The molecule has 0 saturated heterocycles. The van der Waals surface area contributed by atoms with Crippen molar-refractivity contribution in [2.24, 2.45) is 0 Å². The van der Waals surface area contributed by atoms with Gasteiger partial charge in [0.2, 0.25) is 5.91 Å². The van der Waals surface area contributed by atoms with Gasteiger partial charge in [0, 0.05) is 17.2 Å². The normalized spacial score (nSPS) is 12.2. The van der Waals surface area contributed by atoms with Crippen LogP contribution in [0.15, 0.2) is 45.9 Å². The Labute approximate surface area is 178 Å². The van der Waals surface area contributed by atoms with E-state index in [1.165, 1.54) is 34.8 Å². The van der Waals surface area contributed by atoms with E-state index in [0.717, 1.165) is 16.5 Å². The first-order chi connectivity index (χ1) is 14.1. The number of hydrogen-bond acceptors (Lipinski definition) is 6. The molecule has 30 heavy (non-hydrogen) atoms. The minimum Gasteiger partial charge on any atom is -0.464 e. The van der Waals surface area contributed by atoms with E-state index in [9.17, 15) is 13.2 Å². The molecule has 0 radical (unpaired) electrons.